The Morgan fingerprint density at radius 3 is 2.79 bits per heavy atom. The minimum atomic E-state index is -0.0585. The molecule has 2 aromatic rings. The van der Waals surface area contributed by atoms with E-state index < -0.39 is 0 Å². The second-order valence-electron chi connectivity index (χ2n) is 3.96. The number of nitrogens with two attached hydrogens (primary N) is 1. The molecule has 100 valence electrons. The fourth-order valence-corrected chi connectivity index (χ4v) is 2.11. The van der Waals surface area contributed by atoms with Crippen molar-refractivity contribution in [3.05, 3.63) is 34.2 Å². The molecule has 0 saturated carbocycles. The standard InChI is InChI=1S/C11H14N6OS/c1-7-15-8(6-19-7)5-17(2)10-4-13-9(3-14-10)11(12)16-18/h3-4,6,18H,5H2,1-2H3,(H2,12,16). The van der Waals surface area contributed by atoms with Crippen LogP contribution >= 0.6 is 11.3 Å². The van der Waals surface area contributed by atoms with Crippen molar-refractivity contribution in [2.45, 2.75) is 13.5 Å². The van der Waals surface area contributed by atoms with E-state index in [1.165, 1.54) is 6.20 Å². The molecule has 7 nitrogen and oxygen atoms in total. The number of thiazole rings is 1. The number of nitrogens with zero attached hydrogens (tertiary/aromatic N) is 5. The highest BCUT2D eigenvalue weighted by molar-refractivity contribution is 7.09. The first kappa shape index (κ1) is 13.2. The molecule has 0 aliphatic carbocycles. The Hall–Kier alpha value is -2.22. The molecule has 19 heavy (non-hydrogen) atoms. The average molecular weight is 278 g/mol. The third-order valence-electron chi connectivity index (χ3n) is 2.47. The normalized spacial score (nSPS) is 11.6. The molecule has 0 unspecified atom stereocenters. The molecule has 0 aromatic carbocycles. The van der Waals surface area contributed by atoms with Gasteiger partial charge in [0.25, 0.3) is 0 Å². The van der Waals surface area contributed by atoms with Crippen LogP contribution in [-0.4, -0.2) is 33.0 Å². The number of anilines is 1. The van der Waals surface area contributed by atoms with Crippen LogP contribution in [0.25, 0.3) is 0 Å². The molecule has 0 fully saturated rings. The molecule has 0 spiro atoms. The molecule has 0 aliphatic rings. The van der Waals surface area contributed by atoms with Crippen LogP contribution in [0.2, 0.25) is 0 Å². The number of aryl methyl sites for hydroxylation is 1. The van der Waals surface area contributed by atoms with Gasteiger partial charge in [0, 0.05) is 12.4 Å². The third-order valence-corrected chi connectivity index (χ3v) is 3.29. The number of oxime groups is 1. The Balaban J connectivity index is 2.09. The number of amidine groups is 1. The first-order valence-corrected chi connectivity index (χ1v) is 6.40. The van der Waals surface area contributed by atoms with Gasteiger partial charge in [-0.25, -0.2) is 15.0 Å². The topological polar surface area (TPSA) is 101 Å². The maximum Gasteiger partial charge on any atom is 0.190 e. The summed E-state index contributed by atoms with van der Waals surface area (Å²) >= 11 is 1.62. The van der Waals surface area contributed by atoms with Crippen molar-refractivity contribution in [3.8, 4) is 0 Å². The average Bonchev–Trinajstić information content (AvgIpc) is 2.83. The summed E-state index contributed by atoms with van der Waals surface area (Å²) in [5.41, 5.74) is 6.75. The van der Waals surface area contributed by atoms with Gasteiger partial charge in [0.05, 0.1) is 29.6 Å². The number of hydrogen-bond donors (Lipinski definition) is 2. The van der Waals surface area contributed by atoms with Crippen molar-refractivity contribution < 1.29 is 5.21 Å². The highest BCUT2D eigenvalue weighted by atomic mass is 32.1. The van der Waals surface area contributed by atoms with Crippen molar-refractivity contribution in [3.63, 3.8) is 0 Å². The van der Waals surface area contributed by atoms with Gasteiger partial charge in [0.1, 0.15) is 11.5 Å². The smallest absolute Gasteiger partial charge is 0.190 e. The van der Waals surface area contributed by atoms with Crippen molar-refractivity contribution in [1.82, 2.24) is 15.0 Å². The third kappa shape index (κ3) is 3.16. The first-order chi connectivity index (χ1) is 9.10. The van der Waals surface area contributed by atoms with Crippen LogP contribution in [0.1, 0.15) is 16.4 Å². The Morgan fingerprint density at radius 1 is 1.47 bits per heavy atom. The van der Waals surface area contributed by atoms with Crippen molar-refractivity contribution in [2.75, 3.05) is 11.9 Å². The fraction of sp³-hybridized carbons (Fsp3) is 0.273. The molecule has 0 saturated heterocycles. The van der Waals surface area contributed by atoms with E-state index in [1.54, 1.807) is 17.5 Å². The summed E-state index contributed by atoms with van der Waals surface area (Å²) in [6.45, 7) is 2.63. The van der Waals surface area contributed by atoms with Crippen molar-refractivity contribution in [2.24, 2.45) is 10.9 Å². The van der Waals surface area contributed by atoms with E-state index in [1.807, 2.05) is 24.3 Å². The number of hydrogen-bond acceptors (Lipinski definition) is 7. The molecule has 0 aliphatic heterocycles. The Kier molecular flexibility index (Phi) is 3.91. The second-order valence-corrected chi connectivity index (χ2v) is 5.02. The van der Waals surface area contributed by atoms with Crippen LogP contribution in [0.4, 0.5) is 5.82 Å². The zero-order valence-electron chi connectivity index (χ0n) is 10.6. The molecule has 8 heteroatoms. The lowest BCUT2D eigenvalue weighted by Crippen LogP contribution is -2.20. The van der Waals surface area contributed by atoms with E-state index in [-0.39, 0.29) is 5.84 Å². The van der Waals surface area contributed by atoms with Gasteiger partial charge in [-0.15, -0.1) is 11.3 Å². The van der Waals surface area contributed by atoms with Crippen LogP contribution in [0.15, 0.2) is 22.9 Å². The molecule has 2 rings (SSSR count). The minimum absolute atomic E-state index is 0.0585. The maximum absolute atomic E-state index is 8.54. The van der Waals surface area contributed by atoms with Gasteiger partial charge in [-0.3, -0.25) is 0 Å². The van der Waals surface area contributed by atoms with E-state index in [0.717, 1.165) is 10.7 Å². The Bertz CT molecular complexity index is 579. The van der Waals surface area contributed by atoms with Gasteiger partial charge in [-0.2, -0.15) is 0 Å². The van der Waals surface area contributed by atoms with Gasteiger partial charge < -0.3 is 15.8 Å². The van der Waals surface area contributed by atoms with Gasteiger partial charge in [-0.05, 0) is 6.92 Å². The molecular formula is C11H14N6OS. The molecule has 2 aromatic heterocycles. The molecule has 2 heterocycles. The molecule has 3 N–H and O–H groups in total. The first-order valence-electron chi connectivity index (χ1n) is 5.52. The summed E-state index contributed by atoms with van der Waals surface area (Å²) in [6.07, 6.45) is 3.04. The summed E-state index contributed by atoms with van der Waals surface area (Å²) in [5.74, 6) is 0.636. The highest BCUT2D eigenvalue weighted by Gasteiger charge is 2.08. The lowest BCUT2D eigenvalue weighted by molar-refractivity contribution is 0.318. The van der Waals surface area contributed by atoms with E-state index in [0.29, 0.717) is 18.1 Å². The lowest BCUT2D eigenvalue weighted by atomic mass is 10.4. The van der Waals surface area contributed by atoms with Crippen LogP contribution < -0.4 is 10.6 Å². The van der Waals surface area contributed by atoms with E-state index in [4.69, 9.17) is 10.9 Å². The zero-order valence-corrected chi connectivity index (χ0v) is 11.4. The lowest BCUT2D eigenvalue weighted by Gasteiger charge is -2.16. The van der Waals surface area contributed by atoms with Gasteiger partial charge in [-0.1, -0.05) is 5.16 Å². The molecule has 0 atom stereocenters. The van der Waals surface area contributed by atoms with E-state index in [9.17, 15) is 0 Å². The SMILES string of the molecule is Cc1nc(CN(C)c2cnc(C(N)=NO)cn2)cs1. The monoisotopic (exact) mass is 278 g/mol. The summed E-state index contributed by atoms with van der Waals surface area (Å²) in [7, 11) is 1.90. The number of aromatic nitrogens is 3. The molecule has 0 bridgehead atoms. The molecular weight excluding hydrogens is 264 g/mol. The highest BCUT2D eigenvalue weighted by Crippen LogP contribution is 2.13. The largest absolute Gasteiger partial charge is 0.409 e. The van der Waals surface area contributed by atoms with Crippen LogP contribution in [0, 0.1) is 6.92 Å². The predicted octanol–water partition coefficient (Wildman–Crippen LogP) is 0.972. The number of rotatable bonds is 4. The van der Waals surface area contributed by atoms with Gasteiger partial charge in [0.2, 0.25) is 0 Å². The van der Waals surface area contributed by atoms with Crippen LogP contribution in [-0.2, 0) is 6.54 Å². The molecule has 0 amide bonds. The molecule has 0 radical (unpaired) electrons. The zero-order chi connectivity index (χ0) is 13.8. The van der Waals surface area contributed by atoms with Gasteiger partial charge in [0.15, 0.2) is 5.84 Å². The summed E-state index contributed by atoms with van der Waals surface area (Å²) in [4.78, 5) is 14.6. The summed E-state index contributed by atoms with van der Waals surface area (Å²) < 4.78 is 0. The van der Waals surface area contributed by atoms with Gasteiger partial charge >= 0.3 is 0 Å². The Morgan fingerprint density at radius 2 is 2.26 bits per heavy atom. The Labute approximate surface area is 114 Å². The summed E-state index contributed by atoms with van der Waals surface area (Å²) in [6, 6.07) is 0. The van der Waals surface area contributed by atoms with Crippen molar-refractivity contribution in [1.29, 1.82) is 0 Å². The van der Waals surface area contributed by atoms with Crippen LogP contribution in [0.3, 0.4) is 0 Å². The fourth-order valence-electron chi connectivity index (χ4n) is 1.51. The quantitative estimate of drug-likeness (QED) is 0.374. The summed E-state index contributed by atoms with van der Waals surface area (Å²) in [5, 5.41) is 14.5. The van der Waals surface area contributed by atoms with E-state index >= 15 is 0 Å². The maximum atomic E-state index is 8.54. The second kappa shape index (κ2) is 5.61. The van der Waals surface area contributed by atoms with E-state index in [2.05, 4.69) is 20.1 Å². The predicted molar refractivity (Wildman–Crippen MR) is 73.5 cm³/mol. The van der Waals surface area contributed by atoms with Crippen LogP contribution in [0.5, 0.6) is 0 Å². The minimum Gasteiger partial charge on any atom is -0.409 e. The van der Waals surface area contributed by atoms with Crippen molar-refractivity contribution >= 4 is 23.0 Å².